The van der Waals surface area contributed by atoms with Crippen molar-refractivity contribution in [1.82, 2.24) is 0 Å². The minimum absolute atomic E-state index is 0.0668. The van der Waals surface area contributed by atoms with Gasteiger partial charge in [0.15, 0.2) is 6.29 Å². The molecule has 0 saturated carbocycles. The second-order valence-corrected chi connectivity index (χ2v) is 5.98. The Hall–Kier alpha value is -1.51. The maximum atomic E-state index is 11.4. The molecule has 1 heterocycles. The predicted molar refractivity (Wildman–Crippen MR) is 78.5 cm³/mol. The first-order chi connectivity index (χ1) is 8.90. The zero-order valence-corrected chi connectivity index (χ0v) is 12.5. The van der Waals surface area contributed by atoms with E-state index in [9.17, 15) is 4.79 Å². The fraction of sp³-hybridized carbons (Fsp3) is 0.562. The van der Waals surface area contributed by atoms with Gasteiger partial charge < -0.3 is 9.64 Å². The van der Waals surface area contributed by atoms with Crippen LogP contribution in [-0.4, -0.2) is 25.5 Å². The Kier molecular flexibility index (Phi) is 3.57. The average Bonchev–Trinajstić information content (AvgIpc) is 2.35. The second kappa shape index (κ2) is 4.87. The molecule has 0 amide bonds. The van der Waals surface area contributed by atoms with Crippen LogP contribution >= 0.6 is 0 Å². The lowest BCUT2D eigenvalue weighted by atomic mass is 9.79. The van der Waals surface area contributed by atoms with E-state index in [0.717, 1.165) is 29.7 Å². The maximum Gasteiger partial charge on any atom is 0.152 e. The molecule has 1 atom stereocenters. The molecule has 2 rings (SSSR count). The smallest absolute Gasteiger partial charge is 0.152 e. The highest BCUT2D eigenvalue weighted by Gasteiger charge is 2.35. The lowest BCUT2D eigenvalue weighted by Gasteiger charge is -2.46. The number of ether oxygens (including phenoxy) is 1. The Morgan fingerprint density at radius 1 is 1.47 bits per heavy atom. The number of aldehydes is 1. The van der Waals surface area contributed by atoms with E-state index >= 15 is 0 Å². The lowest BCUT2D eigenvalue weighted by molar-refractivity contribution is 0.112. The second-order valence-electron chi connectivity index (χ2n) is 5.98. The van der Waals surface area contributed by atoms with Crippen LogP contribution in [-0.2, 0) is 0 Å². The molecule has 0 fully saturated rings. The normalized spacial score (nSPS) is 20.9. The standard InChI is InChI=1S/C16H23NO2/c1-6-19-13-7-12(10-18)15-14(8-13)11(2)9-16(3,4)17(15)5/h7-8,10-11H,6,9H2,1-5H3. The lowest BCUT2D eigenvalue weighted by Crippen LogP contribution is -2.46. The van der Waals surface area contributed by atoms with Crippen LogP contribution in [0.3, 0.4) is 0 Å². The van der Waals surface area contributed by atoms with Crippen molar-refractivity contribution in [3.8, 4) is 5.75 Å². The van der Waals surface area contributed by atoms with E-state index in [0.29, 0.717) is 12.5 Å². The van der Waals surface area contributed by atoms with Crippen LogP contribution in [0.1, 0.15) is 56.0 Å². The Bertz CT molecular complexity index is 494. The molecule has 0 aliphatic carbocycles. The Labute approximate surface area is 115 Å². The molecule has 0 bridgehead atoms. The summed E-state index contributed by atoms with van der Waals surface area (Å²) in [6.45, 7) is 9.23. The van der Waals surface area contributed by atoms with Gasteiger partial charge in [-0.25, -0.2) is 0 Å². The minimum atomic E-state index is 0.0668. The number of rotatable bonds is 3. The van der Waals surface area contributed by atoms with Crippen LogP contribution in [0.4, 0.5) is 5.69 Å². The molecular weight excluding hydrogens is 238 g/mol. The molecule has 1 aromatic rings. The monoisotopic (exact) mass is 261 g/mol. The van der Waals surface area contributed by atoms with Crippen molar-refractivity contribution < 1.29 is 9.53 Å². The summed E-state index contributed by atoms with van der Waals surface area (Å²) in [7, 11) is 2.07. The first-order valence-corrected chi connectivity index (χ1v) is 6.90. The number of fused-ring (bicyclic) bond motifs is 1. The molecule has 0 spiro atoms. The van der Waals surface area contributed by atoms with Gasteiger partial charge in [-0.1, -0.05) is 6.92 Å². The number of hydrogen-bond donors (Lipinski definition) is 0. The fourth-order valence-electron chi connectivity index (χ4n) is 3.05. The van der Waals surface area contributed by atoms with Gasteiger partial charge in [0, 0.05) is 18.2 Å². The Morgan fingerprint density at radius 2 is 2.16 bits per heavy atom. The van der Waals surface area contributed by atoms with E-state index in [1.165, 1.54) is 5.56 Å². The molecule has 3 heteroatoms. The summed E-state index contributed by atoms with van der Waals surface area (Å²) in [4.78, 5) is 13.6. The number of nitrogens with zero attached hydrogens (tertiary/aromatic N) is 1. The third kappa shape index (κ3) is 2.34. The Morgan fingerprint density at radius 3 is 2.74 bits per heavy atom. The van der Waals surface area contributed by atoms with Gasteiger partial charge in [0.2, 0.25) is 0 Å². The summed E-state index contributed by atoms with van der Waals surface area (Å²) in [5.74, 6) is 1.23. The van der Waals surface area contributed by atoms with Gasteiger partial charge in [0.25, 0.3) is 0 Å². The average molecular weight is 261 g/mol. The quantitative estimate of drug-likeness (QED) is 0.778. The van der Waals surface area contributed by atoms with Crippen molar-refractivity contribution in [2.24, 2.45) is 0 Å². The fourth-order valence-corrected chi connectivity index (χ4v) is 3.05. The van der Waals surface area contributed by atoms with Gasteiger partial charge in [-0.3, -0.25) is 4.79 Å². The molecule has 19 heavy (non-hydrogen) atoms. The van der Waals surface area contributed by atoms with E-state index in [2.05, 4.69) is 38.8 Å². The zero-order valence-electron chi connectivity index (χ0n) is 12.5. The van der Waals surface area contributed by atoms with Crippen LogP contribution in [0.25, 0.3) is 0 Å². The summed E-state index contributed by atoms with van der Waals surface area (Å²) >= 11 is 0. The van der Waals surface area contributed by atoms with Crippen molar-refractivity contribution in [3.05, 3.63) is 23.3 Å². The molecule has 1 aromatic carbocycles. The topological polar surface area (TPSA) is 29.5 Å². The van der Waals surface area contributed by atoms with E-state index in [4.69, 9.17) is 4.74 Å². The van der Waals surface area contributed by atoms with Crippen LogP contribution in [0.5, 0.6) is 5.75 Å². The summed E-state index contributed by atoms with van der Waals surface area (Å²) in [6.07, 6.45) is 2.01. The summed E-state index contributed by atoms with van der Waals surface area (Å²) in [6, 6.07) is 3.93. The van der Waals surface area contributed by atoms with Crippen molar-refractivity contribution in [2.75, 3.05) is 18.6 Å². The first kappa shape index (κ1) is 13.9. The van der Waals surface area contributed by atoms with Crippen LogP contribution < -0.4 is 9.64 Å². The van der Waals surface area contributed by atoms with Crippen LogP contribution in [0.15, 0.2) is 12.1 Å². The van der Waals surface area contributed by atoms with Crippen LogP contribution in [0, 0.1) is 0 Å². The third-order valence-corrected chi connectivity index (χ3v) is 4.16. The Balaban J connectivity index is 2.61. The minimum Gasteiger partial charge on any atom is -0.494 e. The predicted octanol–water partition coefficient (Wildman–Crippen LogP) is 3.62. The molecule has 0 aromatic heterocycles. The molecule has 1 aliphatic rings. The maximum absolute atomic E-state index is 11.4. The van der Waals surface area contributed by atoms with E-state index in [1.54, 1.807) is 0 Å². The number of benzene rings is 1. The molecule has 1 unspecified atom stereocenters. The number of carbonyl (C=O) groups excluding carboxylic acids is 1. The van der Waals surface area contributed by atoms with Crippen molar-refractivity contribution >= 4 is 12.0 Å². The van der Waals surface area contributed by atoms with E-state index in [-0.39, 0.29) is 5.54 Å². The molecule has 0 radical (unpaired) electrons. The molecule has 1 aliphatic heterocycles. The van der Waals surface area contributed by atoms with E-state index < -0.39 is 0 Å². The molecular formula is C16H23NO2. The SMILES string of the molecule is CCOc1cc(C=O)c2c(c1)C(C)CC(C)(C)N2C. The van der Waals surface area contributed by atoms with Crippen molar-refractivity contribution in [1.29, 1.82) is 0 Å². The largest absolute Gasteiger partial charge is 0.494 e. The summed E-state index contributed by atoms with van der Waals surface area (Å²) in [5, 5.41) is 0. The summed E-state index contributed by atoms with van der Waals surface area (Å²) < 4.78 is 5.57. The number of hydrogen-bond acceptors (Lipinski definition) is 3. The number of carbonyl (C=O) groups is 1. The number of anilines is 1. The molecule has 0 saturated heterocycles. The molecule has 104 valence electrons. The first-order valence-electron chi connectivity index (χ1n) is 6.90. The van der Waals surface area contributed by atoms with Gasteiger partial charge >= 0.3 is 0 Å². The van der Waals surface area contributed by atoms with E-state index in [1.807, 2.05) is 13.0 Å². The van der Waals surface area contributed by atoms with Gasteiger partial charge in [0.1, 0.15) is 5.75 Å². The summed E-state index contributed by atoms with van der Waals surface area (Å²) in [5.41, 5.74) is 3.07. The van der Waals surface area contributed by atoms with Gasteiger partial charge in [-0.2, -0.15) is 0 Å². The highest BCUT2D eigenvalue weighted by molar-refractivity contribution is 5.88. The third-order valence-electron chi connectivity index (χ3n) is 4.16. The molecule has 3 nitrogen and oxygen atoms in total. The highest BCUT2D eigenvalue weighted by Crippen LogP contribution is 2.45. The van der Waals surface area contributed by atoms with Gasteiger partial charge in [-0.05, 0) is 50.8 Å². The molecule has 0 N–H and O–H groups in total. The highest BCUT2D eigenvalue weighted by atomic mass is 16.5. The van der Waals surface area contributed by atoms with Gasteiger partial charge in [-0.15, -0.1) is 0 Å². The van der Waals surface area contributed by atoms with Crippen LogP contribution in [0.2, 0.25) is 0 Å². The van der Waals surface area contributed by atoms with Crippen molar-refractivity contribution in [2.45, 2.75) is 45.6 Å². The van der Waals surface area contributed by atoms with Gasteiger partial charge in [0.05, 0.1) is 12.3 Å². The zero-order chi connectivity index (χ0) is 14.2. The van der Waals surface area contributed by atoms with Crippen molar-refractivity contribution in [3.63, 3.8) is 0 Å².